The first kappa shape index (κ1) is 28.6. The first-order chi connectivity index (χ1) is 22.8. The van der Waals surface area contributed by atoms with E-state index in [-0.39, 0.29) is 0 Å². The third-order valence-electron chi connectivity index (χ3n) is 8.08. The third-order valence-corrected chi connectivity index (χ3v) is 8.08. The van der Waals surface area contributed by atoms with Crippen LogP contribution in [0.25, 0.3) is 43.8 Å². The van der Waals surface area contributed by atoms with E-state index in [1.54, 1.807) is 0 Å². The fourth-order valence-electron chi connectivity index (χ4n) is 5.79. The van der Waals surface area contributed by atoms with Gasteiger partial charge in [0, 0.05) is 33.5 Å². The van der Waals surface area contributed by atoms with Gasteiger partial charge in [-0.3, -0.25) is 0 Å². The van der Waals surface area contributed by atoms with Crippen LogP contribution in [0.1, 0.15) is 0 Å². The number of anilines is 4. The summed E-state index contributed by atoms with van der Waals surface area (Å²) in [6.45, 7) is 0. The summed E-state index contributed by atoms with van der Waals surface area (Å²) in [6, 6.07) is 67.6. The van der Waals surface area contributed by atoms with E-state index < -0.39 is 0 Å². The maximum Gasteiger partial charge on any atom is 0.0464 e. The molecule has 0 aliphatic heterocycles. The zero-order valence-corrected chi connectivity index (χ0v) is 25.5. The number of benzene rings is 8. The van der Waals surface area contributed by atoms with Crippen molar-refractivity contribution in [2.24, 2.45) is 0 Å². The molecule has 0 aliphatic rings. The average Bonchev–Trinajstić information content (AvgIpc) is 3.13. The number of nitrogens with one attached hydrogen (secondary N) is 2. The number of hydrogen-bond acceptors (Lipinski definition) is 2. The van der Waals surface area contributed by atoms with Crippen LogP contribution in [0.3, 0.4) is 0 Å². The van der Waals surface area contributed by atoms with E-state index in [1.165, 1.54) is 43.8 Å². The van der Waals surface area contributed by atoms with E-state index in [0.717, 1.165) is 22.7 Å². The monoisotopic (exact) mass is 590 g/mol. The second-order valence-electron chi connectivity index (χ2n) is 11.2. The summed E-state index contributed by atoms with van der Waals surface area (Å²) in [5, 5.41) is 12.1. The van der Waals surface area contributed by atoms with Crippen LogP contribution in [0.15, 0.2) is 194 Å². The zero-order valence-electron chi connectivity index (χ0n) is 25.5. The molecule has 46 heavy (non-hydrogen) atoms. The molecule has 2 heteroatoms. The van der Waals surface area contributed by atoms with Crippen LogP contribution in [0, 0.1) is 0 Å². The van der Waals surface area contributed by atoms with E-state index in [0.29, 0.717) is 0 Å². The number of fused-ring (bicyclic) bond motifs is 2. The Hall–Kier alpha value is -6.12. The number of hydrogen-bond donors (Lipinski definition) is 2. The van der Waals surface area contributed by atoms with Crippen molar-refractivity contribution in [1.82, 2.24) is 0 Å². The summed E-state index contributed by atoms with van der Waals surface area (Å²) in [5.74, 6) is 0. The van der Waals surface area contributed by atoms with E-state index in [2.05, 4.69) is 193 Å². The molecule has 8 aromatic rings. The van der Waals surface area contributed by atoms with E-state index in [4.69, 9.17) is 0 Å². The van der Waals surface area contributed by atoms with Crippen molar-refractivity contribution in [3.05, 3.63) is 194 Å². The normalized spacial score (nSPS) is 10.6. The maximum absolute atomic E-state index is 3.59. The van der Waals surface area contributed by atoms with Gasteiger partial charge in [0.05, 0.1) is 0 Å². The van der Waals surface area contributed by atoms with Gasteiger partial charge < -0.3 is 10.6 Å². The smallest absolute Gasteiger partial charge is 0.0464 e. The molecule has 0 spiro atoms. The molecule has 2 nitrogen and oxygen atoms in total. The minimum atomic E-state index is 1.09. The summed E-state index contributed by atoms with van der Waals surface area (Å²) < 4.78 is 0. The molecule has 0 heterocycles. The fourth-order valence-corrected chi connectivity index (χ4v) is 5.79. The Labute approximate surface area is 270 Å². The molecule has 0 saturated carbocycles. The quantitative estimate of drug-likeness (QED) is 0.201. The molecule has 220 valence electrons. The summed E-state index contributed by atoms with van der Waals surface area (Å²) >= 11 is 0. The van der Waals surface area contributed by atoms with Crippen molar-refractivity contribution in [2.75, 3.05) is 10.6 Å². The van der Waals surface area contributed by atoms with Crippen molar-refractivity contribution >= 4 is 44.3 Å². The lowest BCUT2D eigenvalue weighted by molar-refractivity contribution is 1.53. The summed E-state index contributed by atoms with van der Waals surface area (Å²) in [4.78, 5) is 0. The Balaban J connectivity index is 0.000000149. The zero-order chi connectivity index (χ0) is 31.0. The minimum absolute atomic E-state index is 1.09. The largest absolute Gasteiger partial charge is 0.355 e. The van der Waals surface area contributed by atoms with Crippen molar-refractivity contribution in [3.8, 4) is 22.3 Å². The first-order valence-corrected chi connectivity index (χ1v) is 15.6. The average molecular weight is 591 g/mol. The topological polar surface area (TPSA) is 24.1 Å². The Morgan fingerprint density at radius 2 is 0.630 bits per heavy atom. The molecule has 0 aromatic heterocycles. The predicted octanol–water partition coefficient (Wildman–Crippen LogP) is 12.5. The lowest BCUT2D eigenvalue weighted by Crippen LogP contribution is -1.92. The van der Waals surface area contributed by atoms with Gasteiger partial charge in [-0.05, 0) is 69.4 Å². The van der Waals surface area contributed by atoms with Gasteiger partial charge in [0.1, 0.15) is 0 Å². The van der Waals surface area contributed by atoms with Gasteiger partial charge in [-0.1, -0.05) is 158 Å². The van der Waals surface area contributed by atoms with Crippen molar-refractivity contribution in [2.45, 2.75) is 0 Å². The maximum atomic E-state index is 3.59. The molecule has 0 radical (unpaired) electrons. The highest BCUT2D eigenvalue weighted by Gasteiger charge is 2.04. The molecule has 0 atom stereocenters. The first-order valence-electron chi connectivity index (χ1n) is 15.6. The van der Waals surface area contributed by atoms with Gasteiger partial charge in [0.2, 0.25) is 0 Å². The highest BCUT2D eigenvalue weighted by Crippen LogP contribution is 2.31. The minimum Gasteiger partial charge on any atom is -0.355 e. The second-order valence-corrected chi connectivity index (χ2v) is 11.2. The van der Waals surface area contributed by atoms with Gasteiger partial charge in [0.25, 0.3) is 0 Å². The van der Waals surface area contributed by atoms with Crippen LogP contribution < -0.4 is 10.6 Å². The van der Waals surface area contributed by atoms with E-state index in [1.807, 2.05) is 12.1 Å². The Morgan fingerprint density at radius 3 is 1.11 bits per heavy atom. The number of rotatable bonds is 6. The van der Waals surface area contributed by atoms with Crippen molar-refractivity contribution < 1.29 is 0 Å². The summed E-state index contributed by atoms with van der Waals surface area (Å²) in [5.41, 5.74) is 9.34. The van der Waals surface area contributed by atoms with Gasteiger partial charge in [-0.2, -0.15) is 0 Å². The fraction of sp³-hybridized carbons (Fsp3) is 0. The molecular formula is C44H34N2. The van der Waals surface area contributed by atoms with Crippen LogP contribution in [0.2, 0.25) is 0 Å². The molecule has 0 unspecified atom stereocenters. The molecule has 2 N–H and O–H groups in total. The van der Waals surface area contributed by atoms with Gasteiger partial charge in [-0.15, -0.1) is 0 Å². The Kier molecular flexibility index (Phi) is 8.51. The summed E-state index contributed by atoms with van der Waals surface area (Å²) in [7, 11) is 0. The highest BCUT2D eigenvalue weighted by atomic mass is 14.9. The van der Waals surface area contributed by atoms with Gasteiger partial charge >= 0.3 is 0 Å². The molecule has 8 aromatic carbocycles. The highest BCUT2D eigenvalue weighted by molar-refractivity contribution is 6.00. The van der Waals surface area contributed by atoms with Crippen LogP contribution >= 0.6 is 0 Å². The molecule has 8 rings (SSSR count). The standard InChI is InChI=1S/C24H19N.C20H15N/c1-3-9-19(10-4-1)21-13-7-15-23(17-21)25-24-16-8-14-22(18-24)20-11-5-2-6-12-20;1-3-11-17-15(7-1)9-5-13-19(17)21-20-14-6-10-16-8-2-4-12-18(16)20/h1-18,25H;1-14,21H. The molecule has 0 saturated heterocycles. The second kappa shape index (κ2) is 13.7. The SMILES string of the molecule is c1ccc(-c2cccc(Nc3cccc(-c4ccccc4)c3)c2)cc1.c1ccc2c(Nc3cccc4ccccc34)cccc2c1. The van der Waals surface area contributed by atoms with Crippen molar-refractivity contribution in [1.29, 1.82) is 0 Å². The summed E-state index contributed by atoms with van der Waals surface area (Å²) in [6.07, 6.45) is 0. The molecular weight excluding hydrogens is 556 g/mol. The molecule has 0 fully saturated rings. The predicted molar refractivity (Wildman–Crippen MR) is 198 cm³/mol. The van der Waals surface area contributed by atoms with E-state index in [9.17, 15) is 0 Å². The lowest BCUT2D eigenvalue weighted by Gasteiger charge is -2.12. The van der Waals surface area contributed by atoms with Crippen LogP contribution in [-0.2, 0) is 0 Å². The lowest BCUT2D eigenvalue weighted by atomic mass is 10.0. The molecule has 0 aliphatic carbocycles. The molecule has 0 amide bonds. The van der Waals surface area contributed by atoms with Crippen molar-refractivity contribution in [3.63, 3.8) is 0 Å². The van der Waals surface area contributed by atoms with E-state index >= 15 is 0 Å². The Bertz CT molecular complexity index is 2040. The van der Waals surface area contributed by atoms with Crippen LogP contribution in [-0.4, -0.2) is 0 Å². The van der Waals surface area contributed by atoms with Crippen LogP contribution in [0.4, 0.5) is 22.7 Å². The van der Waals surface area contributed by atoms with Gasteiger partial charge in [-0.25, -0.2) is 0 Å². The van der Waals surface area contributed by atoms with Gasteiger partial charge in [0.15, 0.2) is 0 Å². The Morgan fingerprint density at radius 1 is 0.261 bits per heavy atom. The third kappa shape index (κ3) is 6.67. The van der Waals surface area contributed by atoms with Crippen LogP contribution in [0.5, 0.6) is 0 Å². The molecule has 0 bridgehead atoms.